The first-order valence-electron chi connectivity index (χ1n) is 3.54. The molecule has 0 aromatic heterocycles. The van der Waals surface area contributed by atoms with Crippen LogP contribution >= 0.6 is 15.9 Å². The third-order valence-corrected chi connectivity index (χ3v) is 2.62. The fraction of sp³-hybridized carbons (Fsp3) is 0.500. The molecule has 62 valence electrons. The van der Waals surface area contributed by atoms with E-state index in [0.29, 0.717) is 5.92 Å². The van der Waals surface area contributed by atoms with Crippen molar-refractivity contribution in [2.24, 2.45) is 5.92 Å². The Morgan fingerprint density at radius 3 is 2.55 bits per heavy atom. The van der Waals surface area contributed by atoms with Crippen LogP contribution in [0.25, 0.3) is 0 Å². The van der Waals surface area contributed by atoms with Crippen LogP contribution < -0.4 is 0 Å². The molecule has 0 aromatic rings. The summed E-state index contributed by atoms with van der Waals surface area (Å²) in [5.41, 5.74) is 1.18. The zero-order valence-electron chi connectivity index (χ0n) is 6.54. The average molecular weight is 219 g/mol. The highest BCUT2D eigenvalue weighted by Crippen LogP contribution is 2.31. The van der Waals surface area contributed by atoms with Gasteiger partial charge in [-0.15, -0.1) is 0 Å². The summed E-state index contributed by atoms with van der Waals surface area (Å²) >= 11 is 3.36. The van der Waals surface area contributed by atoms with Crippen LogP contribution in [0.15, 0.2) is 22.2 Å². The Balaban J connectivity index is 2.81. The lowest BCUT2D eigenvalue weighted by Gasteiger charge is -2.07. The van der Waals surface area contributed by atoms with Gasteiger partial charge in [-0.25, -0.2) is 4.89 Å². The zero-order chi connectivity index (χ0) is 8.43. The Morgan fingerprint density at radius 1 is 1.64 bits per heavy atom. The summed E-state index contributed by atoms with van der Waals surface area (Å²) in [5, 5.41) is 8.42. The molecule has 0 saturated heterocycles. The molecule has 1 N–H and O–H groups in total. The number of halogens is 1. The van der Waals surface area contributed by atoms with Crippen LogP contribution in [0.5, 0.6) is 0 Å². The van der Waals surface area contributed by atoms with E-state index < -0.39 is 0 Å². The fourth-order valence-corrected chi connectivity index (χ4v) is 1.90. The minimum absolute atomic E-state index is 0.299. The summed E-state index contributed by atoms with van der Waals surface area (Å²) in [6, 6.07) is 0. The second-order valence-corrected chi connectivity index (χ2v) is 3.70. The van der Waals surface area contributed by atoms with Crippen molar-refractivity contribution >= 4 is 15.9 Å². The molecule has 0 aromatic carbocycles. The molecular weight excluding hydrogens is 208 g/mol. The van der Waals surface area contributed by atoms with Gasteiger partial charge in [0.2, 0.25) is 0 Å². The third kappa shape index (κ3) is 1.72. The monoisotopic (exact) mass is 218 g/mol. The topological polar surface area (TPSA) is 29.5 Å². The summed E-state index contributed by atoms with van der Waals surface area (Å²) < 4.78 is 0.926. The lowest BCUT2D eigenvalue weighted by atomic mass is 10.1. The average Bonchev–Trinajstić information content (AvgIpc) is 2.30. The van der Waals surface area contributed by atoms with Gasteiger partial charge in [0.05, 0.1) is 0 Å². The molecule has 0 heterocycles. The van der Waals surface area contributed by atoms with Gasteiger partial charge in [0.1, 0.15) is 6.10 Å². The Labute approximate surface area is 74.6 Å². The van der Waals surface area contributed by atoms with Gasteiger partial charge in [0.15, 0.2) is 0 Å². The highest BCUT2D eigenvalue weighted by atomic mass is 79.9. The first-order valence-corrected chi connectivity index (χ1v) is 4.34. The molecule has 1 aliphatic carbocycles. The SMILES string of the molecule is CC(C)C1=C(Br)C(OO)C=C1. The van der Waals surface area contributed by atoms with Gasteiger partial charge in [0.25, 0.3) is 0 Å². The maximum absolute atomic E-state index is 8.42. The lowest BCUT2D eigenvalue weighted by molar-refractivity contribution is -0.254. The molecular formula is C8H11BrO2. The van der Waals surface area contributed by atoms with Gasteiger partial charge in [-0.1, -0.05) is 35.9 Å². The van der Waals surface area contributed by atoms with Crippen molar-refractivity contribution in [2.75, 3.05) is 0 Å². The molecule has 0 fully saturated rings. The van der Waals surface area contributed by atoms with Crippen LogP contribution in [0.1, 0.15) is 13.8 Å². The van der Waals surface area contributed by atoms with Gasteiger partial charge in [0, 0.05) is 4.48 Å². The van der Waals surface area contributed by atoms with Crippen LogP contribution in [-0.4, -0.2) is 11.4 Å². The maximum atomic E-state index is 8.42. The van der Waals surface area contributed by atoms with Crippen LogP contribution in [0.4, 0.5) is 0 Å². The van der Waals surface area contributed by atoms with Crippen molar-refractivity contribution in [1.29, 1.82) is 0 Å². The Bertz CT molecular complexity index is 206. The first kappa shape index (κ1) is 8.97. The number of hydrogen-bond donors (Lipinski definition) is 1. The highest BCUT2D eigenvalue weighted by molar-refractivity contribution is 9.11. The minimum Gasteiger partial charge on any atom is -0.251 e. The van der Waals surface area contributed by atoms with Crippen LogP contribution in [0.2, 0.25) is 0 Å². The molecule has 0 saturated carbocycles. The molecule has 2 nitrogen and oxygen atoms in total. The molecule has 1 atom stereocenters. The molecule has 1 rings (SSSR count). The van der Waals surface area contributed by atoms with E-state index in [1.165, 1.54) is 5.57 Å². The second-order valence-electron chi connectivity index (χ2n) is 2.84. The van der Waals surface area contributed by atoms with E-state index in [1.807, 2.05) is 12.2 Å². The van der Waals surface area contributed by atoms with E-state index in [1.54, 1.807) is 0 Å². The smallest absolute Gasteiger partial charge is 0.143 e. The van der Waals surface area contributed by atoms with E-state index in [0.717, 1.165) is 4.48 Å². The molecule has 0 aliphatic heterocycles. The minimum atomic E-state index is -0.299. The number of rotatable bonds is 2. The molecule has 0 spiro atoms. The Hall–Kier alpha value is -0.120. The Kier molecular flexibility index (Phi) is 2.87. The van der Waals surface area contributed by atoms with Crippen LogP contribution in [0.3, 0.4) is 0 Å². The van der Waals surface area contributed by atoms with Crippen molar-refractivity contribution in [3.63, 3.8) is 0 Å². The van der Waals surface area contributed by atoms with Crippen molar-refractivity contribution in [1.82, 2.24) is 0 Å². The molecule has 0 bridgehead atoms. The standard InChI is InChI=1S/C8H11BrO2/c1-5(2)6-3-4-7(11-10)8(6)9/h3-5,7,10H,1-2H3. The van der Waals surface area contributed by atoms with E-state index in [2.05, 4.69) is 34.7 Å². The predicted octanol–water partition coefficient (Wildman–Crippen LogP) is 2.72. The molecule has 1 unspecified atom stereocenters. The van der Waals surface area contributed by atoms with E-state index in [-0.39, 0.29) is 6.10 Å². The van der Waals surface area contributed by atoms with Crippen LogP contribution in [0, 0.1) is 5.92 Å². The lowest BCUT2D eigenvalue weighted by Crippen LogP contribution is -2.05. The second kappa shape index (κ2) is 3.52. The summed E-state index contributed by atoms with van der Waals surface area (Å²) in [6.45, 7) is 4.20. The highest BCUT2D eigenvalue weighted by Gasteiger charge is 2.20. The largest absolute Gasteiger partial charge is 0.251 e. The van der Waals surface area contributed by atoms with E-state index in [4.69, 9.17) is 5.26 Å². The number of allylic oxidation sites excluding steroid dienone is 2. The molecule has 3 heteroatoms. The van der Waals surface area contributed by atoms with Gasteiger partial charge < -0.3 is 0 Å². The van der Waals surface area contributed by atoms with Crippen molar-refractivity contribution in [2.45, 2.75) is 20.0 Å². The summed E-state index contributed by atoms with van der Waals surface area (Å²) in [5.74, 6) is 0.459. The van der Waals surface area contributed by atoms with Crippen molar-refractivity contribution in [3.8, 4) is 0 Å². The summed E-state index contributed by atoms with van der Waals surface area (Å²) in [7, 11) is 0. The van der Waals surface area contributed by atoms with Crippen molar-refractivity contribution < 1.29 is 10.1 Å². The van der Waals surface area contributed by atoms with Gasteiger partial charge in [-0.2, -0.15) is 0 Å². The first-order chi connectivity index (χ1) is 5.16. The summed E-state index contributed by atoms with van der Waals surface area (Å²) in [6.07, 6.45) is 3.49. The predicted molar refractivity (Wildman–Crippen MR) is 47.4 cm³/mol. The van der Waals surface area contributed by atoms with Gasteiger partial charge in [-0.05, 0) is 17.6 Å². The Morgan fingerprint density at radius 2 is 2.27 bits per heavy atom. The fourth-order valence-electron chi connectivity index (χ4n) is 1.07. The molecule has 11 heavy (non-hydrogen) atoms. The summed E-state index contributed by atoms with van der Waals surface area (Å²) in [4.78, 5) is 4.21. The molecule has 1 aliphatic rings. The van der Waals surface area contributed by atoms with E-state index in [9.17, 15) is 0 Å². The van der Waals surface area contributed by atoms with Crippen LogP contribution in [-0.2, 0) is 4.89 Å². The molecule has 0 radical (unpaired) electrons. The van der Waals surface area contributed by atoms with Gasteiger partial charge >= 0.3 is 0 Å². The zero-order valence-corrected chi connectivity index (χ0v) is 8.13. The quantitative estimate of drug-likeness (QED) is 0.571. The third-order valence-electron chi connectivity index (χ3n) is 1.71. The maximum Gasteiger partial charge on any atom is 0.143 e. The van der Waals surface area contributed by atoms with Gasteiger partial charge in [-0.3, -0.25) is 5.26 Å². The van der Waals surface area contributed by atoms with Crippen molar-refractivity contribution in [3.05, 3.63) is 22.2 Å². The van der Waals surface area contributed by atoms with E-state index >= 15 is 0 Å². The number of hydrogen-bond acceptors (Lipinski definition) is 2. The normalized spacial score (nSPS) is 23.9. The molecule has 0 amide bonds.